The summed E-state index contributed by atoms with van der Waals surface area (Å²) >= 11 is 0. The number of aromatic hydroxyl groups is 1. The second-order valence-corrected chi connectivity index (χ2v) is 9.89. The topological polar surface area (TPSA) is 251 Å². The molecule has 2 aromatic carbocycles. The van der Waals surface area contributed by atoms with Crippen LogP contribution < -0.4 is 20.5 Å². The first-order valence-electron chi connectivity index (χ1n) is 13.2. The largest absolute Gasteiger partial charge is 0.507 e. The molecule has 0 amide bonds. The van der Waals surface area contributed by atoms with Crippen LogP contribution in [0, 0.1) is 0 Å². The number of nitrogens with zero attached hydrogens (tertiary/aromatic N) is 1. The average Bonchev–Trinajstić information content (AvgIpc) is 3.01. The zero-order chi connectivity index (χ0) is 31.6. The first kappa shape index (κ1) is 31.8. The minimum Gasteiger partial charge on any atom is -0.507 e. The number of fused-ring (bicyclic) bond motifs is 2. The SMILES string of the molecule is CN=C(N)NCc1c(CCC=O)cc2c(c1O)C(=O)c1c(O[C@@H]3O[C@H](CO)[C@@H](O)[C@H](O)[C@H]3O)cc(OC)c(CO)c1C2=O. The lowest BCUT2D eigenvalue weighted by atomic mass is 9.78. The highest BCUT2D eigenvalue weighted by atomic mass is 16.7. The minimum atomic E-state index is -1.85. The normalized spacial score (nSPS) is 23.4. The number of carbonyl (C=O) groups is 3. The van der Waals surface area contributed by atoms with Crippen molar-refractivity contribution in [2.24, 2.45) is 10.7 Å². The fourth-order valence-electron chi connectivity index (χ4n) is 5.20. The molecular weight excluding hydrogens is 570 g/mol. The number of ether oxygens (including phenoxy) is 3. The molecule has 0 aromatic heterocycles. The van der Waals surface area contributed by atoms with E-state index in [1.807, 2.05) is 0 Å². The summed E-state index contributed by atoms with van der Waals surface area (Å²) < 4.78 is 16.5. The number of guanidine groups is 1. The first-order chi connectivity index (χ1) is 20.5. The number of hydrogen-bond acceptors (Lipinski definition) is 13. The van der Waals surface area contributed by atoms with Gasteiger partial charge in [-0.25, -0.2) is 0 Å². The molecule has 2 aliphatic rings. The van der Waals surface area contributed by atoms with Crippen molar-refractivity contribution in [2.45, 2.75) is 56.7 Å². The van der Waals surface area contributed by atoms with Gasteiger partial charge >= 0.3 is 0 Å². The summed E-state index contributed by atoms with van der Waals surface area (Å²) in [5.74, 6) is -2.63. The van der Waals surface area contributed by atoms with E-state index in [0.717, 1.165) is 0 Å². The second kappa shape index (κ2) is 13.0. The number of ketones is 2. The number of methoxy groups -OCH3 is 1. The Kier molecular flexibility index (Phi) is 9.64. The quantitative estimate of drug-likeness (QED) is 0.0710. The molecule has 1 aliphatic carbocycles. The lowest BCUT2D eigenvalue weighted by molar-refractivity contribution is -0.277. The van der Waals surface area contributed by atoms with Crippen LogP contribution >= 0.6 is 0 Å². The number of carbonyl (C=O) groups excluding carboxylic acids is 3. The number of nitrogens with two attached hydrogens (primary N) is 1. The minimum absolute atomic E-state index is 0.0288. The standard InChI is InChI=1S/C28H33N3O12/c1-30-28(29)31-8-13-11(4-3-5-32)6-12-19(22(13)36)24(38)20-16(7-15(41-2)14(9-33)18(20)21(12)35)42-27-26(40)25(39)23(37)17(10-34)43-27/h5-7,17,23,25-27,33-34,36-37,39-40H,3-4,8-10H2,1-2H3,(H3,29,30,31)/t17-,23-,25+,26-,27-/m1/s1. The molecule has 1 saturated heterocycles. The van der Waals surface area contributed by atoms with E-state index in [1.165, 1.54) is 26.3 Å². The van der Waals surface area contributed by atoms with Crippen molar-refractivity contribution in [1.29, 1.82) is 0 Å². The summed E-state index contributed by atoms with van der Waals surface area (Å²) in [6.07, 6.45) is -7.57. The van der Waals surface area contributed by atoms with Crippen LogP contribution in [0.4, 0.5) is 0 Å². The van der Waals surface area contributed by atoms with Crippen molar-refractivity contribution >= 4 is 23.8 Å². The molecule has 232 valence electrons. The summed E-state index contributed by atoms with van der Waals surface area (Å²) in [6.45, 7) is -1.59. The Hall–Kier alpha value is -4.12. The number of aldehydes is 1. The predicted octanol–water partition coefficient (Wildman–Crippen LogP) is -1.99. The van der Waals surface area contributed by atoms with Gasteiger partial charge in [-0.1, -0.05) is 0 Å². The lowest BCUT2D eigenvalue weighted by Gasteiger charge is -2.40. The maximum Gasteiger partial charge on any atom is 0.229 e. The van der Waals surface area contributed by atoms with Gasteiger partial charge in [-0.3, -0.25) is 14.6 Å². The summed E-state index contributed by atoms with van der Waals surface area (Å²) in [7, 11) is 2.68. The third-order valence-electron chi connectivity index (χ3n) is 7.47. The second-order valence-electron chi connectivity index (χ2n) is 9.89. The van der Waals surface area contributed by atoms with E-state index in [1.54, 1.807) is 0 Å². The number of phenolic OH excluding ortho intramolecular Hbond substituents is 1. The Labute approximate surface area is 245 Å². The van der Waals surface area contributed by atoms with Crippen LogP contribution in [0.25, 0.3) is 0 Å². The first-order valence-corrected chi connectivity index (χ1v) is 13.2. The Morgan fingerprint density at radius 3 is 2.37 bits per heavy atom. The highest BCUT2D eigenvalue weighted by Crippen LogP contribution is 2.44. The van der Waals surface area contributed by atoms with E-state index in [0.29, 0.717) is 11.8 Å². The molecule has 15 heteroatoms. The molecule has 1 aliphatic heterocycles. The van der Waals surface area contributed by atoms with Gasteiger partial charge in [0.15, 0.2) is 11.7 Å². The van der Waals surface area contributed by atoms with E-state index in [9.17, 15) is 45.0 Å². The molecule has 1 heterocycles. The molecule has 1 fully saturated rings. The molecule has 0 radical (unpaired) electrons. The van der Waals surface area contributed by atoms with Gasteiger partial charge in [-0.15, -0.1) is 0 Å². The van der Waals surface area contributed by atoms with Crippen molar-refractivity contribution in [3.8, 4) is 17.2 Å². The predicted molar refractivity (Wildman–Crippen MR) is 147 cm³/mol. The lowest BCUT2D eigenvalue weighted by Crippen LogP contribution is -2.60. The molecule has 0 saturated carbocycles. The Bertz CT molecular complexity index is 1460. The molecule has 9 N–H and O–H groups in total. The van der Waals surface area contributed by atoms with Gasteiger partial charge in [-0.2, -0.15) is 0 Å². The number of hydrogen-bond donors (Lipinski definition) is 8. The van der Waals surface area contributed by atoms with Crippen LogP contribution in [-0.4, -0.2) is 106 Å². The highest BCUT2D eigenvalue weighted by molar-refractivity contribution is 6.31. The summed E-state index contributed by atoms with van der Waals surface area (Å²) in [5, 5.41) is 64.8. The number of aryl methyl sites for hydroxylation is 1. The van der Waals surface area contributed by atoms with Gasteiger partial charge in [0.05, 0.1) is 31.5 Å². The number of phenols is 1. The Morgan fingerprint density at radius 2 is 1.77 bits per heavy atom. The molecule has 43 heavy (non-hydrogen) atoms. The zero-order valence-corrected chi connectivity index (χ0v) is 23.3. The monoisotopic (exact) mass is 603 g/mol. The van der Waals surface area contributed by atoms with Crippen molar-refractivity contribution in [3.05, 3.63) is 51.1 Å². The molecule has 5 atom stereocenters. The van der Waals surface area contributed by atoms with Crippen molar-refractivity contribution in [2.75, 3.05) is 20.8 Å². The third-order valence-corrected chi connectivity index (χ3v) is 7.47. The number of aliphatic imine (C=N–C) groups is 1. The fourth-order valence-corrected chi connectivity index (χ4v) is 5.20. The van der Waals surface area contributed by atoms with Crippen LogP contribution in [0.1, 0.15) is 55.0 Å². The Balaban J connectivity index is 1.91. The third kappa shape index (κ3) is 5.65. The van der Waals surface area contributed by atoms with Gasteiger partial charge in [0.25, 0.3) is 0 Å². The molecule has 2 aromatic rings. The van der Waals surface area contributed by atoms with Crippen molar-refractivity contribution in [1.82, 2.24) is 5.32 Å². The average molecular weight is 604 g/mol. The van der Waals surface area contributed by atoms with Crippen LogP contribution in [0.15, 0.2) is 17.1 Å². The number of aliphatic hydroxyl groups is 5. The number of aliphatic hydroxyl groups excluding tert-OH is 5. The smallest absolute Gasteiger partial charge is 0.229 e. The summed E-state index contributed by atoms with van der Waals surface area (Å²) in [6, 6.07) is 2.55. The Morgan fingerprint density at radius 1 is 1.05 bits per heavy atom. The van der Waals surface area contributed by atoms with Crippen molar-refractivity contribution in [3.63, 3.8) is 0 Å². The summed E-state index contributed by atoms with van der Waals surface area (Å²) in [5.41, 5.74) is 4.97. The maximum atomic E-state index is 14.1. The van der Waals surface area contributed by atoms with Gasteiger partial charge < -0.3 is 60.7 Å². The zero-order valence-electron chi connectivity index (χ0n) is 23.3. The van der Waals surface area contributed by atoms with E-state index >= 15 is 0 Å². The van der Waals surface area contributed by atoms with E-state index in [4.69, 9.17) is 19.9 Å². The van der Waals surface area contributed by atoms with Gasteiger partial charge in [0.1, 0.15) is 48.0 Å². The number of rotatable bonds is 10. The van der Waals surface area contributed by atoms with E-state index < -0.39 is 66.8 Å². The molecule has 4 rings (SSSR count). The van der Waals surface area contributed by atoms with Crippen LogP contribution in [0.3, 0.4) is 0 Å². The molecule has 0 bridgehead atoms. The molecular formula is C28H33N3O12. The number of nitrogens with one attached hydrogen (secondary N) is 1. The maximum absolute atomic E-state index is 14.1. The van der Waals surface area contributed by atoms with Crippen LogP contribution in [0.2, 0.25) is 0 Å². The highest BCUT2D eigenvalue weighted by Gasteiger charge is 2.46. The number of benzene rings is 2. The van der Waals surface area contributed by atoms with Crippen LogP contribution in [0.5, 0.6) is 17.2 Å². The molecule has 0 spiro atoms. The fraction of sp³-hybridized carbons (Fsp3) is 0.429. The van der Waals surface area contributed by atoms with Crippen LogP contribution in [-0.2, 0) is 29.1 Å². The summed E-state index contributed by atoms with van der Waals surface area (Å²) in [4.78, 5) is 43.1. The van der Waals surface area contributed by atoms with Gasteiger partial charge in [0, 0.05) is 48.3 Å². The van der Waals surface area contributed by atoms with Gasteiger partial charge in [0.2, 0.25) is 12.1 Å². The van der Waals surface area contributed by atoms with Gasteiger partial charge in [-0.05, 0) is 18.1 Å². The van der Waals surface area contributed by atoms with Crippen molar-refractivity contribution < 1.29 is 59.2 Å². The molecule has 0 unspecified atom stereocenters. The molecule has 15 nitrogen and oxygen atoms in total. The van der Waals surface area contributed by atoms with E-state index in [-0.39, 0.29) is 64.7 Å². The van der Waals surface area contributed by atoms with E-state index in [2.05, 4.69) is 10.3 Å².